The predicted octanol–water partition coefficient (Wildman–Crippen LogP) is 2.33. The summed E-state index contributed by atoms with van der Waals surface area (Å²) in [6.45, 7) is 2.34. The average molecular weight is 329 g/mol. The first-order chi connectivity index (χ1) is 8.49. The zero-order chi connectivity index (χ0) is 13.2. The van der Waals surface area contributed by atoms with Gasteiger partial charge in [-0.25, -0.2) is 13.1 Å². The van der Waals surface area contributed by atoms with E-state index in [9.17, 15) is 8.42 Å². The summed E-state index contributed by atoms with van der Waals surface area (Å²) in [6, 6.07) is 1.39. The molecule has 0 aliphatic carbocycles. The van der Waals surface area contributed by atoms with Gasteiger partial charge in [0.25, 0.3) is 0 Å². The van der Waals surface area contributed by atoms with E-state index in [4.69, 9.17) is 23.2 Å². The first-order valence-corrected chi connectivity index (χ1v) is 8.70. The van der Waals surface area contributed by atoms with Crippen molar-refractivity contribution in [1.82, 2.24) is 10.0 Å². The molecule has 2 heterocycles. The van der Waals surface area contributed by atoms with Gasteiger partial charge < -0.3 is 5.32 Å². The molecule has 1 saturated heterocycles. The van der Waals surface area contributed by atoms with Gasteiger partial charge in [0, 0.05) is 6.54 Å². The highest BCUT2D eigenvalue weighted by Crippen LogP contribution is 2.34. The highest BCUT2D eigenvalue weighted by molar-refractivity contribution is 7.89. The number of hydrogen-bond donors (Lipinski definition) is 2. The van der Waals surface area contributed by atoms with Crippen LogP contribution in [0.1, 0.15) is 12.8 Å². The SMILES string of the molecule is O=S(=O)(NCC1CCNCC1)c1cc(Cl)sc1Cl. The van der Waals surface area contributed by atoms with Crippen molar-refractivity contribution in [2.24, 2.45) is 5.92 Å². The molecule has 0 aromatic carbocycles. The van der Waals surface area contributed by atoms with Crippen LogP contribution >= 0.6 is 34.5 Å². The minimum absolute atomic E-state index is 0.0769. The lowest BCUT2D eigenvalue weighted by atomic mass is 9.99. The fraction of sp³-hybridized carbons (Fsp3) is 0.600. The Bertz CT molecular complexity index is 510. The highest BCUT2D eigenvalue weighted by Gasteiger charge is 2.22. The van der Waals surface area contributed by atoms with Gasteiger partial charge in [-0.3, -0.25) is 0 Å². The Labute approximate surface area is 121 Å². The van der Waals surface area contributed by atoms with E-state index < -0.39 is 10.0 Å². The zero-order valence-corrected chi connectivity index (χ0v) is 12.7. The Balaban J connectivity index is 2.01. The van der Waals surface area contributed by atoms with Crippen LogP contribution in [0.5, 0.6) is 0 Å². The molecule has 0 radical (unpaired) electrons. The molecule has 1 aliphatic rings. The van der Waals surface area contributed by atoms with Crippen molar-refractivity contribution in [2.45, 2.75) is 17.7 Å². The van der Waals surface area contributed by atoms with Gasteiger partial charge in [-0.15, -0.1) is 11.3 Å². The molecule has 1 aliphatic heterocycles. The minimum Gasteiger partial charge on any atom is -0.317 e. The molecule has 4 nitrogen and oxygen atoms in total. The fourth-order valence-corrected chi connectivity index (χ4v) is 5.16. The lowest BCUT2D eigenvalue weighted by molar-refractivity contribution is 0.372. The number of halogens is 2. The second-order valence-electron chi connectivity index (χ2n) is 4.23. The van der Waals surface area contributed by atoms with Gasteiger partial charge >= 0.3 is 0 Å². The van der Waals surface area contributed by atoms with E-state index >= 15 is 0 Å². The second-order valence-corrected chi connectivity index (χ2v) is 8.25. The molecule has 0 amide bonds. The standard InChI is InChI=1S/C10H14Cl2N2O2S2/c11-9-5-8(10(12)17-9)18(15,16)14-6-7-1-3-13-4-2-7/h5,7,13-14H,1-4,6H2. The molecule has 102 valence electrons. The largest absolute Gasteiger partial charge is 0.317 e. The van der Waals surface area contributed by atoms with Crippen LogP contribution in [-0.4, -0.2) is 28.1 Å². The Morgan fingerprint density at radius 3 is 2.61 bits per heavy atom. The van der Waals surface area contributed by atoms with Crippen LogP contribution in [0.2, 0.25) is 8.67 Å². The molecule has 0 saturated carbocycles. The molecular weight excluding hydrogens is 315 g/mol. The van der Waals surface area contributed by atoms with Crippen molar-refractivity contribution < 1.29 is 8.42 Å². The molecule has 1 aromatic rings. The third-order valence-corrected chi connectivity index (χ3v) is 6.11. The van der Waals surface area contributed by atoms with Crippen molar-refractivity contribution in [3.8, 4) is 0 Å². The van der Waals surface area contributed by atoms with Gasteiger partial charge in [0.2, 0.25) is 10.0 Å². The third kappa shape index (κ3) is 3.59. The normalized spacial score (nSPS) is 18.1. The zero-order valence-electron chi connectivity index (χ0n) is 9.58. The van der Waals surface area contributed by atoms with Crippen molar-refractivity contribution in [3.63, 3.8) is 0 Å². The number of nitrogens with one attached hydrogen (secondary N) is 2. The summed E-state index contributed by atoms with van der Waals surface area (Å²) < 4.78 is 27.3. The Kier molecular flexibility index (Phi) is 4.91. The molecule has 0 atom stereocenters. The summed E-state index contributed by atoms with van der Waals surface area (Å²) >= 11 is 12.7. The predicted molar refractivity (Wildman–Crippen MR) is 75.1 cm³/mol. The molecule has 1 fully saturated rings. The molecule has 8 heteroatoms. The van der Waals surface area contributed by atoms with E-state index in [1.807, 2.05) is 0 Å². The third-order valence-electron chi connectivity index (χ3n) is 2.94. The first kappa shape index (κ1) is 14.6. The Hall–Kier alpha value is 0.150. The van der Waals surface area contributed by atoms with Gasteiger partial charge in [-0.2, -0.15) is 0 Å². The summed E-state index contributed by atoms with van der Waals surface area (Å²) in [6.07, 6.45) is 1.97. The van der Waals surface area contributed by atoms with Crippen LogP contribution in [0, 0.1) is 5.92 Å². The van der Waals surface area contributed by atoms with Crippen LogP contribution in [0.4, 0.5) is 0 Å². The highest BCUT2D eigenvalue weighted by atomic mass is 35.5. The molecule has 18 heavy (non-hydrogen) atoms. The van der Waals surface area contributed by atoms with Gasteiger partial charge in [0.05, 0.1) is 4.34 Å². The van der Waals surface area contributed by atoms with E-state index in [-0.39, 0.29) is 9.23 Å². The topological polar surface area (TPSA) is 58.2 Å². The molecule has 2 N–H and O–H groups in total. The number of hydrogen-bond acceptors (Lipinski definition) is 4. The number of piperidine rings is 1. The van der Waals surface area contributed by atoms with Crippen molar-refractivity contribution in [2.75, 3.05) is 19.6 Å². The van der Waals surface area contributed by atoms with Gasteiger partial charge in [-0.1, -0.05) is 23.2 Å². The van der Waals surface area contributed by atoms with Gasteiger partial charge in [-0.05, 0) is 37.9 Å². The summed E-state index contributed by atoms with van der Waals surface area (Å²) in [5.74, 6) is 0.383. The molecular formula is C10H14Cl2N2O2S2. The number of rotatable bonds is 4. The monoisotopic (exact) mass is 328 g/mol. The quantitative estimate of drug-likeness (QED) is 0.891. The average Bonchev–Trinajstić information content (AvgIpc) is 2.68. The summed E-state index contributed by atoms with van der Waals surface area (Å²) in [5, 5.41) is 3.24. The van der Waals surface area contributed by atoms with Crippen LogP contribution in [0.3, 0.4) is 0 Å². The maximum absolute atomic E-state index is 12.0. The molecule has 0 spiro atoms. The summed E-state index contributed by atoms with van der Waals surface area (Å²) in [5.41, 5.74) is 0. The smallest absolute Gasteiger partial charge is 0.242 e. The Morgan fingerprint density at radius 1 is 1.39 bits per heavy atom. The lowest BCUT2D eigenvalue weighted by Gasteiger charge is -2.22. The van der Waals surface area contributed by atoms with Crippen molar-refractivity contribution >= 4 is 44.6 Å². The molecule has 0 unspecified atom stereocenters. The lowest BCUT2D eigenvalue weighted by Crippen LogP contribution is -2.35. The second kappa shape index (κ2) is 6.07. The van der Waals surface area contributed by atoms with Gasteiger partial charge in [0.15, 0.2) is 0 Å². The summed E-state index contributed by atoms with van der Waals surface area (Å²) in [4.78, 5) is 0.0769. The maximum atomic E-state index is 12.0. The van der Waals surface area contributed by atoms with E-state index in [0.29, 0.717) is 16.8 Å². The van der Waals surface area contributed by atoms with E-state index in [0.717, 1.165) is 37.3 Å². The van der Waals surface area contributed by atoms with E-state index in [1.165, 1.54) is 6.07 Å². The Morgan fingerprint density at radius 2 is 2.06 bits per heavy atom. The molecule has 1 aromatic heterocycles. The van der Waals surface area contributed by atoms with E-state index in [2.05, 4.69) is 10.0 Å². The van der Waals surface area contributed by atoms with Crippen LogP contribution < -0.4 is 10.0 Å². The molecule has 2 rings (SSSR count). The van der Waals surface area contributed by atoms with Crippen molar-refractivity contribution in [3.05, 3.63) is 14.7 Å². The van der Waals surface area contributed by atoms with Crippen LogP contribution in [0.25, 0.3) is 0 Å². The van der Waals surface area contributed by atoms with E-state index in [1.54, 1.807) is 0 Å². The van der Waals surface area contributed by atoms with Crippen LogP contribution in [-0.2, 0) is 10.0 Å². The first-order valence-electron chi connectivity index (χ1n) is 5.64. The molecule has 0 bridgehead atoms. The van der Waals surface area contributed by atoms with Gasteiger partial charge in [0.1, 0.15) is 9.23 Å². The minimum atomic E-state index is -3.55. The number of sulfonamides is 1. The summed E-state index contributed by atoms with van der Waals surface area (Å²) in [7, 11) is -3.55. The van der Waals surface area contributed by atoms with Crippen molar-refractivity contribution in [1.29, 1.82) is 0 Å². The maximum Gasteiger partial charge on any atom is 0.242 e. The van der Waals surface area contributed by atoms with Crippen LogP contribution in [0.15, 0.2) is 11.0 Å². The number of thiophene rings is 1. The fourth-order valence-electron chi connectivity index (χ4n) is 1.90.